The van der Waals surface area contributed by atoms with E-state index in [9.17, 15) is 19.7 Å². The average Bonchev–Trinajstić information content (AvgIpc) is 3.27. The average molecular weight is 464 g/mol. The lowest BCUT2D eigenvalue weighted by atomic mass is 10.1. The van der Waals surface area contributed by atoms with Crippen LogP contribution in [0.3, 0.4) is 0 Å². The summed E-state index contributed by atoms with van der Waals surface area (Å²) in [6.45, 7) is 0. The summed E-state index contributed by atoms with van der Waals surface area (Å²) < 4.78 is 5.42. The molecule has 33 heavy (non-hydrogen) atoms. The summed E-state index contributed by atoms with van der Waals surface area (Å²) in [5, 5.41) is 24.0. The Hall–Kier alpha value is -4.57. The number of anilines is 2. The van der Waals surface area contributed by atoms with Crippen molar-refractivity contribution < 1.29 is 18.9 Å². The highest BCUT2D eigenvalue weighted by atomic mass is 35.5. The number of nitro groups is 1. The molecule has 2 N–H and O–H groups in total. The molecule has 0 fully saturated rings. The monoisotopic (exact) mass is 463 g/mol. The van der Waals surface area contributed by atoms with Crippen LogP contribution >= 0.6 is 11.6 Å². The minimum absolute atomic E-state index is 0.0749. The molecule has 0 radical (unpaired) electrons. The van der Waals surface area contributed by atoms with Crippen molar-refractivity contribution in [2.24, 2.45) is 0 Å². The van der Waals surface area contributed by atoms with Gasteiger partial charge in [-0.15, -0.1) is 5.10 Å². The van der Waals surface area contributed by atoms with Crippen LogP contribution in [0.2, 0.25) is 5.02 Å². The number of aromatic nitrogens is 2. The second-order valence-corrected chi connectivity index (χ2v) is 7.15. The van der Waals surface area contributed by atoms with Crippen molar-refractivity contribution in [2.45, 2.75) is 0 Å². The van der Waals surface area contributed by atoms with E-state index in [4.69, 9.17) is 16.0 Å². The molecule has 2 amide bonds. The van der Waals surface area contributed by atoms with Crippen molar-refractivity contribution in [1.82, 2.24) is 10.2 Å². The zero-order chi connectivity index (χ0) is 23.4. The Morgan fingerprint density at radius 2 is 1.55 bits per heavy atom. The minimum Gasteiger partial charge on any atom is -0.403 e. The van der Waals surface area contributed by atoms with Crippen molar-refractivity contribution in [3.05, 3.63) is 99.1 Å². The number of benzene rings is 3. The van der Waals surface area contributed by atoms with Gasteiger partial charge in [-0.1, -0.05) is 28.8 Å². The number of carbonyl (C=O) groups is 2. The van der Waals surface area contributed by atoms with Crippen molar-refractivity contribution in [3.8, 4) is 11.5 Å². The molecule has 1 heterocycles. The van der Waals surface area contributed by atoms with Gasteiger partial charge in [-0.25, -0.2) is 0 Å². The number of rotatable bonds is 6. The third kappa shape index (κ3) is 5.20. The van der Waals surface area contributed by atoms with Gasteiger partial charge in [-0.05, 0) is 48.5 Å². The van der Waals surface area contributed by atoms with Crippen LogP contribution in [0, 0.1) is 10.1 Å². The maximum atomic E-state index is 12.6. The molecular formula is C22H14ClN5O5. The lowest BCUT2D eigenvalue weighted by Crippen LogP contribution is -2.14. The number of non-ortho nitro benzene ring substituents is 1. The van der Waals surface area contributed by atoms with Gasteiger partial charge in [-0.2, -0.15) is 0 Å². The lowest BCUT2D eigenvalue weighted by Gasteiger charge is -2.07. The fourth-order valence-electron chi connectivity index (χ4n) is 2.86. The number of halogens is 1. The highest BCUT2D eigenvalue weighted by Crippen LogP contribution is 2.23. The number of amides is 2. The van der Waals surface area contributed by atoms with E-state index in [1.807, 2.05) is 0 Å². The number of hydrogen-bond acceptors (Lipinski definition) is 7. The summed E-state index contributed by atoms with van der Waals surface area (Å²) in [6.07, 6.45) is 0. The number of carbonyl (C=O) groups excluding carboxylic acids is 2. The van der Waals surface area contributed by atoms with Gasteiger partial charge >= 0.3 is 6.01 Å². The van der Waals surface area contributed by atoms with Crippen LogP contribution in [0.15, 0.2) is 77.2 Å². The fraction of sp³-hybridized carbons (Fsp3) is 0. The smallest absolute Gasteiger partial charge is 0.322 e. The largest absolute Gasteiger partial charge is 0.403 e. The van der Waals surface area contributed by atoms with E-state index >= 15 is 0 Å². The Bertz CT molecular complexity index is 1350. The molecule has 0 aliphatic carbocycles. The van der Waals surface area contributed by atoms with E-state index in [1.165, 1.54) is 36.4 Å². The fourth-order valence-corrected chi connectivity index (χ4v) is 3.05. The third-order valence-electron chi connectivity index (χ3n) is 4.44. The van der Waals surface area contributed by atoms with Crippen molar-refractivity contribution in [1.29, 1.82) is 0 Å². The standard InChI is InChI=1S/C22H14ClN5O5/c23-16-5-1-3-14(11-16)19(29)24-17-6-2-4-15(12-17)20(30)25-22-27-26-21(33-22)13-7-9-18(10-8-13)28(31)32/h1-12H,(H,24,29)(H,25,27,30). The summed E-state index contributed by atoms with van der Waals surface area (Å²) in [4.78, 5) is 35.2. The van der Waals surface area contributed by atoms with Gasteiger partial charge in [0.05, 0.1) is 4.92 Å². The van der Waals surface area contributed by atoms with Gasteiger partial charge in [0.15, 0.2) is 0 Å². The first-order valence-electron chi connectivity index (χ1n) is 9.46. The molecule has 0 spiro atoms. The third-order valence-corrected chi connectivity index (χ3v) is 4.68. The van der Waals surface area contributed by atoms with Crippen LogP contribution in [0.25, 0.3) is 11.5 Å². The first-order valence-corrected chi connectivity index (χ1v) is 9.83. The van der Waals surface area contributed by atoms with E-state index < -0.39 is 10.8 Å². The summed E-state index contributed by atoms with van der Waals surface area (Å²) in [7, 11) is 0. The quantitative estimate of drug-likeness (QED) is 0.309. The van der Waals surface area contributed by atoms with E-state index in [1.54, 1.807) is 36.4 Å². The van der Waals surface area contributed by atoms with Gasteiger partial charge < -0.3 is 9.73 Å². The van der Waals surface area contributed by atoms with Crippen LogP contribution < -0.4 is 10.6 Å². The minimum atomic E-state index is -0.534. The predicted octanol–water partition coefficient (Wildman–Crippen LogP) is 4.80. The molecule has 0 saturated heterocycles. The van der Waals surface area contributed by atoms with Crippen LogP contribution in [-0.2, 0) is 0 Å². The van der Waals surface area contributed by atoms with Gasteiger partial charge in [0, 0.05) is 39.5 Å². The van der Waals surface area contributed by atoms with Crippen LogP contribution in [0.4, 0.5) is 17.4 Å². The SMILES string of the molecule is O=C(Nc1cccc(C(=O)Nc2nnc(-c3ccc([N+](=O)[O-])cc3)o2)c1)c1cccc(Cl)c1. The molecule has 1 aromatic heterocycles. The predicted molar refractivity (Wildman–Crippen MR) is 120 cm³/mol. The van der Waals surface area contributed by atoms with Crippen LogP contribution in [0.1, 0.15) is 20.7 Å². The van der Waals surface area contributed by atoms with Gasteiger partial charge in [-0.3, -0.25) is 25.0 Å². The molecule has 164 valence electrons. The molecule has 0 unspecified atom stereocenters. The van der Waals surface area contributed by atoms with Gasteiger partial charge in [0.1, 0.15) is 0 Å². The molecule has 0 saturated carbocycles. The Kier molecular flexibility index (Phi) is 6.09. The van der Waals surface area contributed by atoms with E-state index in [0.29, 0.717) is 21.8 Å². The zero-order valence-electron chi connectivity index (χ0n) is 16.7. The van der Waals surface area contributed by atoms with E-state index in [-0.39, 0.29) is 29.1 Å². The second-order valence-electron chi connectivity index (χ2n) is 6.72. The number of hydrogen-bond donors (Lipinski definition) is 2. The topological polar surface area (TPSA) is 140 Å². The van der Waals surface area contributed by atoms with Crippen molar-refractivity contribution >= 4 is 40.8 Å². The van der Waals surface area contributed by atoms with E-state index in [0.717, 1.165) is 0 Å². The maximum Gasteiger partial charge on any atom is 0.322 e. The Morgan fingerprint density at radius 3 is 2.24 bits per heavy atom. The molecule has 10 nitrogen and oxygen atoms in total. The molecule has 0 aliphatic rings. The molecule has 11 heteroatoms. The Balaban J connectivity index is 1.44. The molecule has 4 aromatic rings. The van der Waals surface area contributed by atoms with Crippen molar-refractivity contribution in [2.75, 3.05) is 10.6 Å². The molecule has 0 bridgehead atoms. The molecule has 4 rings (SSSR count). The second kappa shape index (κ2) is 9.28. The summed E-state index contributed by atoms with van der Waals surface area (Å²) in [5.41, 5.74) is 1.41. The highest BCUT2D eigenvalue weighted by Gasteiger charge is 2.15. The number of nitrogens with zero attached hydrogens (tertiary/aromatic N) is 3. The maximum absolute atomic E-state index is 12.6. The number of nitro benzene ring substituents is 1. The highest BCUT2D eigenvalue weighted by molar-refractivity contribution is 6.31. The normalized spacial score (nSPS) is 10.5. The van der Waals surface area contributed by atoms with Crippen LogP contribution in [0.5, 0.6) is 0 Å². The first-order chi connectivity index (χ1) is 15.9. The summed E-state index contributed by atoms with van der Waals surface area (Å²) >= 11 is 5.92. The molecule has 0 aliphatic heterocycles. The lowest BCUT2D eigenvalue weighted by molar-refractivity contribution is -0.384. The first kappa shape index (κ1) is 21.7. The van der Waals surface area contributed by atoms with Crippen LogP contribution in [-0.4, -0.2) is 26.9 Å². The van der Waals surface area contributed by atoms with Gasteiger partial charge in [0.2, 0.25) is 5.89 Å². The molecular weight excluding hydrogens is 450 g/mol. The Morgan fingerprint density at radius 1 is 0.879 bits per heavy atom. The zero-order valence-corrected chi connectivity index (χ0v) is 17.4. The number of nitrogens with one attached hydrogen (secondary N) is 2. The molecule has 0 atom stereocenters. The summed E-state index contributed by atoms with van der Waals surface area (Å²) in [5.74, 6) is -0.824. The van der Waals surface area contributed by atoms with Gasteiger partial charge in [0.25, 0.3) is 17.5 Å². The summed E-state index contributed by atoms with van der Waals surface area (Å²) in [6, 6.07) is 18.2. The Labute approximate surface area is 191 Å². The van der Waals surface area contributed by atoms with Crippen molar-refractivity contribution in [3.63, 3.8) is 0 Å². The van der Waals surface area contributed by atoms with E-state index in [2.05, 4.69) is 20.8 Å². The molecule has 3 aromatic carbocycles.